The Kier molecular flexibility index (Phi) is 2.94. The van der Waals surface area contributed by atoms with Gasteiger partial charge < -0.3 is 0 Å². The van der Waals surface area contributed by atoms with Crippen molar-refractivity contribution in [1.82, 2.24) is 4.98 Å². The zero-order valence-electron chi connectivity index (χ0n) is 8.87. The predicted octanol–water partition coefficient (Wildman–Crippen LogP) is 1.90. The van der Waals surface area contributed by atoms with E-state index in [1.807, 2.05) is 0 Å². The molecule has 17 heavy (non-hydrogen) atoms. The molecule has 0 aliphatic rings. The third-order valence-corrected chi connectivity index (χ3v) is 4.05. The van der Waals surface area contributed by atoms with Crippen LogP contribution in [0, 0.1) is 12.3 Å². The fourth-order valence-electron chi connectivity index (χ4n) is 1.44. The first-order valence-electron chi connectivity index (χ1n) is 4.88. The summed E-state index contributed by atoms with van der Waals surface area (Å²) in [5.41, 5.74) is 0.136. The third-order valence-electron chi connectivity index (χ3n) is 2.25. The quantitative estimate of drug-likeness (QED) is 0.757. The van der Waals surface area contributed by atoms with Crippen molar-refractivity contribution in [2.75, 3.05) is 0 Å². The summed E-state index contributed by atoms with van der Waals surface area (Å²) in [7, 11) is -3.59. The maximum atomic E-state index is 12.3. The van der Waals surface area contributed by atoms with Gasteiger partial charge in [-0.1, -0.05) is 18.2 Å². The average molecular weight is 243 g/mol. The number of sulfone groups is 1. The molecule has 84 valence electrons. The monoisotopic (exact) mass is 243 g/mol. The zero-order valence-corrected chi connectivity index (χ0v) is 9.68. The van der Waals surface area contributed by atoms with E-state index in [0.29, 0.717) is 0 Å². The van der Waals surface area contributed by atoms with Crippen LogP contribution in [0.2, 0.25) is 0 Å². The maximum absolute atomic E-state index is 12.3. The summed E-state index contributed by atoms with van der Waals surface area (Å²) in [5.74, 6) is 2.28. The van der Waals surface area contributed by atoms with Crippen molar-refractivity contribution >= 4 is 9.84 Å². The molecule has 0 saturated heterocycles. The van der Waals surface area contributed by atoms with Gasteiger partial charge in [-0.15, -0.1) is 6.42 Å². The van der Waals surface area contributed by atoms with Crippen LogP contribution in [0.25, 0.3) is 0 Å². The van der Waals surface area contributed by atoms with Gasteiger partial charge in [0.05, 0.1) is 4.90 Å². The van der Waals surface area contributed by atoms with E-state index in [1.54, 1.807) is 24.3 Å². The molecule has 0 amide bonds. The predicted molar refractivity (Wildman–Crippen MR) is 64.1 cm³/mol. The molecule has 2 rings (SSSR count). The van der Waals surface area contributed by atoms with Crippen LogP contribution in [0.5, 0.6) is 0 Å². The molecule has 1 aromatic heterocycles. The van der Waals surface area contributed by atoms with Crippen LogP contribution < -0.4 is 0 Å². The highest BCUT2D eigenvalue weighted by molar-refractivity contribution is 7.91. The largest absolute Gasteiger partial charge is 0.246 e. The molecule has 1 heterocycles. The van der Waals surface area contributed by atoms with Gasteiger partial charge in [0.1, 0.15) is 10.6 Å². The van der Waals surface area contributed by atoms with E-state index < -0.39 is 9.84 Å². The first-order chi connectivity index (χ1) is 8.16. The minimum absolute atomic E-state index is 0.0636. The van der Waals surface area contributed by atoms with Crippen LogP contribution in [0.3, 0.4) is 0 Å². The second-order valence-electron chi connectivity index (χ2n) is 3.31. The van der Waals surface area contributed by atoms with Crippen LogP contribution in [0.15, 0.2) is 58.5 Å². The Morgan fingerprint density at radius 3 is 2.41 bits per heavy atom. The van der Waals surface area contributed by atoms with Crippen LogP contribution in [0.4, 0.5) is 0 Å². The van der Waals surface area contributed by atoms with Crippen LogP contribution >= 0.6 is 0 Å². The molecular weight excluding hydrogens is 234 g/mol. The highest BCUT2D eigenvalue weighted by atomic mass is 32.2. The van der Waals surface area contributed by atoms with Gasteiger partial charge in [0.15, 0.2) is 0 Å². The smallest absolute Gasteiger partial charge is 0.209 e. The first kappa shape index (κ1) is 11.4. The minimum atomic E-state index is -3.59. The molecule has 0 atom stereocenters. The first-order valence-corrected chi connectivity index (χ1v) is 6.36. The molecule has 1 aromatic carbocycles. The van der Waals surface area contributed by atoms with E-state index in [0.717, 1.165) is 0 Å². The number of pyridine rings is 1. The Balaban J connectivity index is 2.66. The number of terminal acetylenes is 1. The van der Waals surface area contributed by atoms with E-state index in [2.05, 4.69) is 10.9 Å². The lowest BCUT2D eigenvalue weighted by molar-refractivity contribution is 0.595. The number of rotatable bonds is 2. The molecule has 0 aliphatic heterocycles. The summed E-state index contributed by atoms with van der Waals surface area (Å²) < 4.78 is 24.6. The van der Waals surface area contributed by atoms with E-state index in [1.165, 1.54) is 24.4 Å². The Labute approximate surface area is 100 Å². The minimum Gasteiger partial charge on any atom is -0.246 e. The molecule has 0 N–H and O–H groups in total. The molecule has 0 bridgehead atoms. The molecular formula is C13H9NO2S. The molecule has 0 spiro atoms. The van der Waals surface area contributed by atoms with Crippen molar-refractivity contribution < 1.29 is 8.42 Å². The summed E-state index contributed by atoms with van der Waals surface area (Å²) in [5, 5.41) is 0. The van der Waals surface area contributed by atoms with Crippen molar-refractivity contribution in [1.29, 1.82) is 0 Å². The second-order valence-corrected chi connectivity index (χ2v) is 5.23. The highest BCUT2D eigenvalue weighted by Crippen LogP contribution is 2.21. The van der Waals surface area contributed by atoms with Crippen molar-refractivity contribution in [2.24, 2.45) is 0 Å². The van der Waals surface area contributed by atoms with Crippen molar-refractivity contribution in [3.63, 3.8) is 0 Å². The molecule has 0 radical (unpaired) electrons. The van der Waals surface area contributed by atoms with Gasteiger partial charge in [-0.2, -0.15) is 0 Å². The number of benzene rings is 1. The van der Waals surface area contributed by atoms with Crippen LogP contribution in [-0.4, -0.2) is 13.4 Å². The summed E-state index contributed by atoms with van der Waals surface area (Å²) in [6, 6.07) is 11.2. The molecule has 0 aliphatic carbocycles. The van der Waals surface area contributed by atoms with E-state index >= 15 is 0 Å². The zero-order chi connectivity index (χ0) is 12.3. The highest BCUT2D eigenvalue weighted by Gasteiger charge is 2.20. The van der Waals surface area contributed by atoms with E-state index in [-0.39, 0.29) is 15.5 Å². The molecule has 2 aromatic rings. The lowest BCUT2D eigenvalue weighted by Gasteiger charge is -2.05. The van der Waals surface area contributed by atoms with Gasteiger partial charge in [0.25, 0.3) is 0 Å². The molecule has 0 saturated carbocycles. The van der Waals surface area contributed by atoms with Crippen LogP contribution in [0.1, 0.15) is 5.69 Å². The Morgan fingerprint density at radius 2 is 1.76 bits per heavy atom. The summed E-state index contributed by atoms with van der Waals surface area (Å²) >= 11 is 0. The standard InChI is InChI=1S/C13H9NO2S/c1-2-12-13(9-6-10-14-12)17(15,16)11-7-4-3-5-8-11/h1,3-10H. The Bertz CT molecular complexity index is 670. The Hall–Kier alpha value is -2.12. The number of hydrogen-bond acceptors (Lipinski definition) is 3. The number of nitrogens with zero attached hydrogens (tertiary/aromatic N) is 1. The van der Waals surface area contributed by atoms with Gasteiger partial charge in [-0.3, -0.25) is 0 Å². The average Bonchev–Trinajstić information content (AvgIpc) is 2.39. The van der Waals surface area contributed by atoms with Gasteiger partial charge >= 0.3 is 0 Å². The van der Waals surface area contributed by atoms with Crippen molar-refractivity contribution in [2.45, 2.75) is 9.79 Å². The normalized spacial score (nSPS) is 10.8. The molecule has 0 fully saturated rings. The summed E-state index contributed by atoms with van der Waals surface area (Å²) in [6.45, 7) is 0. The SMILES string of the molecule is C#Cc1ncccc1S(=O)(=O)c1ccccc1. The fraction of sp³-hybridized carbons (Fsp3) is 0. The van der Waals surface area contributed by atoms with E-state index in [9.17, 15) is 8.42 Å². The Morgan fingerprint density at radius 1 is 1.06 bits per heavy atom. The maximum Gasteiger partial charge on any atom is 0.209 e. The summed E-state index contributed by atoms with van der Waals surface area (Å²) in [4.78, 5) is 4.15. The van der Waals surface area contributed by atoms with Crippen LogP contribution in [-0.2, 0) is 9.84 Å². The summed E-state index contributed by atoms with van der Waals surface area (Å²) in [6.07, 6.45) is 6.72. The lowest BCUT2D eigenvalue weighted by atomic mass is 10.4. The van der Waals surface area contributed by atoms with Gasteiger partial charge in [0, 0.05) is 6.20 Å². The van der Waals surface area contributed by atoms with Crippen molar-refractivity contribution in [3.05, 3.63) is 54.4 Å². The van der Waals surface area contributed by atoms with Crippen molar-refractivity contribution in [3.8, 4) is 12.3 Å². The molecule has 0 unspecified atom stereocenters. The number of aromatic nitrogens is 1. The van der Waals surface area contributed by atoms with Gasteiger partial charge in [-0.25, -0.2) is 13.4 Å². The molecule has 4 heteroatoms. The fourth-order valence-corrected chi connectivity index (χ4v) is 2.84. The third kappa shape index (κ3) is 2.05. The van der Waals surface area contributed by atoms with Gasteiger partial charge in [-0.05, 0) is 30.2 Å². The topological polar surface area (TPSA) is 47.0 Å². The second kappa shape index (κ2) is 4.40. The number of hydrogen-bond donors (Lipinski definition) is 0. The molecule has 3 nitrogen and oxygen atoms in total. The lowest BCUT2D eigenvalue weighted by Crippen LogP contribution is -2.05. The van der Waals surface area contributed by atoms with Gasteiger partial charge in [0.2, 0.25) is 9.84 Å². The van der Waals surface area contributed by atoms with E-state index in [4.69, 9.17) is 6.42 Å².